The fourth-order valence-electron chi connectivity index (χ4n) is 4.05. The topological polar surface area (TPSA) is 79.3 Å². The highest BCUT2D eigenvalue weighted by Crippen LogP contribution is 2.22. The summed E-state index contributed by atoms with van der Waals surface area (Å²) in [4.78, 5) is 27.8. The first kappa shape index (κ1) is 21.8. The van der Waals surface area contributed by atoms with E-state index in [0.717, 1.165) is 32.5 Å². The largest absolute Gasteiger partial charge is 0.326 e. The molecule has 1 aliphatic heterocycles. The number of anilines is 2. The number of aromatic nitrogens is 2. The molecule has 2 atom stereocenters. The van der Waals surface area contributed by atoms with E-state index < -0.39 is 6.04 Å². The van der Waals surface area contributed by atoms with Crippen LogP contribution in [0, 0.1) is 5.92 Å². The van der Waals surface area contributed by atoms with E-state index in [0.29, 0.717) is 11.4 Å². The van der Waals surface area contributed by atoms with E-state index in [9.17, 15) is 9.59 Å². The maximum absolute atomic E-state index is 12.9. The number of nitrogens with one attached hydrogen (secondary N) is 2. The fraction of sp³-hybridized carbons (Fsp3) is 0.320. The lowest BCUT2D eigenvalue weighted by Crippen LogP contribution is -2.40. The SMILES string of the molecule is C[C@@H](C(=O)Nc1cccc(NC(=O)[C@@H]2CCCN(Cc3ccccc3)C2)c1)n1cccn1. The lowest BCUT2D eigenvalue weighted by Gasteiger charge is -2.32. The molecule has 0 bridgehead atoms. The zero-order chi connectivity index (χ0) is 22.3. The Bertz CT molecular complexity index is 1040. The Hall–Kier alpha value is -3.45. The normalized spacial score (nSPS) is 17.5. The number of amides is 2. The van der Waals surface area contributed by atoms with Gasteiger partial charge in [0.2, 0.25) is 11.8 Å². The summed E-state index contributed by atoms with van der Waals surface area (Å²) in [5, 5.41) is 10.0. The molecule has 3 aromatic rings. The van der Waals surface area contributed by atoms with Crippen LogP contribution in [-0.4, -0.2) is 39.6 Å². The zero-order valence-electron chi connectivity index (χ0n) is 18.3. The molecule has 2 heterocycles. The number of hydrogen-bond acceptors (Lipinski definition) is 4. The van der Waals surface area contributed by atoms with E-state index in [1.165, 1.54) is 5.56 Å². The predicted molar refractivity (Wildman–Crippen MR) is 125 cm³/mol. The van der Waals surface area contributed by atoms with Crippen LogP contribution >= 0.6 is 0 Å². The molecule has 1 fully saturated rings. The van der Waals surface area contributed by atoms with Crippen LogP contribution in [0.15, 0.2) is 73.1 Å². The Balaban J connectivity index is 1.33. The highest BCUT2D eigenvalue weighted by Gasteiger charge is 2.26. The molecule has 7 heteroatoms. The van der Waals surface area contributed by atoms with Crippen LogP contribution in [0.25, 0.3) is 0 Å². The molecule has 1 aromatic heterocycles. The van der Waals surface area contributed by atoms with Crippen LogP contribution in [0.3, 0.4) is 0 Å². The number of likely N-dealkylation sites (tertiary alicyclic amines) is 1. The average Bonchev–Trinajstić information content (AvgIpc) is 3.34. The Morgan fingerprint density at radius 2 is 1.84 bits per heavy atom. The number of benzene rings is 2. The van der Waals surface area contributed by atoms with Crippen LogP contribution in [0.2, 0.25) is 0 Å². The summed E-state index contributed by atoms with van der Waals surface area (Å²) in [6.07, 6.45) is 5.29. The number of piperidine rings is 1. The van der Waals surface area contributed by atoms with Gasteiger partial charge in [-0.3, -0.25) is 19.2 Å². The van der Waals surface area contributed by atoms with Crippen molar-refractivity contribution in [3.8, 4) is 0 Å². The molecule has 1 saturated heterocycles. The second kappa shape index (κ2) is 10.2. The first-order valence-corrected chi connectivity index (χ1v) is 11.1. The Labute approximate surface area is 188 Å². The molecule has 0 aliphatic carbocycles. The maximum atomic E-state index is 12.9. The van der Waals surface area contributed by atoms with Gasteiger partial charge >= 0.3 is 0 Å². The van der Waals surface area contributed by atoms with Gasteiger partial charge in [-0.2, -0.15) is 5.10 Å². The van der Waals surface area contributed by atoms with Crippen LogP contribution in [0.5, 0.6) is 0 Å². The van der Waals surface area contributed by atoms with Gasteiger partial charge < -0.3 is 10.6 Å². The van der Waals surface area contributed by atoms with Crippen molar-refractivity contribution in [1.29, 1.82) is 0 Å². The van der Waals surface area contributed by atoms with E-state index in [2.05, 4.69) is 32.8 Å². The van der Waals surface area contributed by atoms with Gasteiger partial charge in [-0.1, -0.05) is 36.4 Å². The molecule has 166 valence electrons. The third-order valence-corrected chi connectivity index (χ3v) is 5.82. The van der Waals surface area contributed by atoms with Gasteiger partial charge in [0, 0.05) is 36.9 Å². The highest BCUT2D eigenvalue weighted by molar-refractivity contribution is 5.96. The molecule has 1 aliphatic rings. The van der Waals surface area contributed by atoms with Crippen LogP contribution in [-0.2, 0) is 16.1 Å². The molecular formula is C25H29N5O2. The molecular weight excluding hydrogens is 402 g/mol. The monoisotopic (exact) mass is 431 g/mol. The third kappa shape index (κ3) is 5.62. The van der Waals surface area contributed by atoms with Crippen molar-refractivity contribution in [2.45, 2.75) is 32.4 Å². The van der Waals surface area contributed by atoms with Crippen LogP contribution in [0.1, 0.15) is 31.4 Å². The van der Waals surface area contributed by atoms with E-state index >= 15 is 0 Å². The average molecular weight is 432 g/mol. The van der Waals surface area contributed by atoms with Gasteiger partial charge in [0.15, 0.2) is 0 Å². The molecule has 0 spiro atoms. The quantitative estimate of drug-likeness (QED) is 0.594. The Morgan fingerprint density at radius 3 is 2.59 bits per heavy atom. The van der Waals surface area contributed by atoms with Crippen molar-refractivity contribution < 1.29 is 9.59 Å². The molecule has 0 unspecified atom stereocenters. The summed E-state index contributed by atoms with van der Waals surface area (Å²) in [6.45, 7) is 4.41. The van der Waals surface area contributed by atoms with E-state index in [4.69, 9.17) is 0 Å². The second-order valence-corrected chi connectivity index (χ2v) is 8.28. The molecule has 2 aromatic carbocycles. The minimum Gasteiger partial charge on any atom is -0.326 e. The fourth-order valence-corrected chi connectivity index (χ4v) is 4.05. The zero-order valence-corrected chi connectivity index (χ0v) is 18.3. The Morgan fingerprint density at radius 1 is 1.06 bits per heavy atom. The molecule has 7 nitrogen and oxygen atoms in total. The maximum Gasteiger partial charge on any atom is 0.248 e. The van der Waals surface area contributed by atoms with Crippen molar-refractivity contribution in [3.63, 3.8) is 0 Å². The molecule has 32 heavy (non-hydrogen) atoms. The minimum atomic E-state index is -0.430. The van der Waals surface area contributed by atoms with Gasteiger partial charge in [-0.15, -0.1) is 0 Å². The van der Waals surface area contributed by atoms with E-state index in [1.54, 1.807) is 36.1 Å². The number of rotatable bonds is 7. The van der Waals surface area contributed by atoms with Crippen molar-refractivity contribution in [2.75, 3.05) is 23.7 Å². The van der Waals surface area contributed by atoms with Crippen molar-refractivity contribution in [1.82, 2.24) is 14.7 Å². The molecule has 4 rings (SSSR count). The molecule has 2 N–H and O–H groups in total. The van der Waals surface area contributed by atoms with Gasteiger partial charge in [-0.05, 0) is 56.1 Å². The lowest BCUT2D eigenvalue weighted by molar-refractivity contribution is -0.121. The van der Waals surface area contributed by atoms with Gasteiger partial charge in [0.05, 0.1) is 5.92 Å². The van der Waals surface area contributed by atoms with Crippen molar-refractivity contribution in [2.24, 2.45) is 5.92 Å². The van der Waals surface area contributed by atoms with Crippen LogP contribution < -0.4 is 10.6 Å². The van der Waals surface area contributed by atoms with E-state index in [1.807, 2.05) is 36.4 Å². The molecule has 0 saturated carbocycles. The molecule has 2 amide bonds. The summed E-state index contributed by atoms with van der Waals surface area (Å²) in [5.74, 6) is -0.192. The van der Waals surface area contributed by atoms with Crippen molar-refractivity contribution in [3.05, 3.63) is 78.6 Å². The standard InChI is InChI=1S/C25H29N5O2/c1-19(30-15-7-13-26-30)24(31)27-22-11-5-12-23(16-22)28-25(32)21-10-6-14-29(18-21)17-20-8-3-2-4-9-20/h2-5,7-9,11-13,15-16,19,21H,6,10,14,17-18H2,1H3,(H,27,31)(H,28,32)/t19-,21+/m0/s1. The third-order valence-electron chi connectivity index (χ3n) is 5.82. The smallest absolute Gasteiger partial charge is 0.248 e. The highest BCUT2D eigenvalue weighted by atomic mass is 16.2. The lowest BCUT2D eigenvalue weighted by atomic mass is 9.96. The molecule has 0 radical (unpaired) electrons. The number of nitrogens with zero attached hydrogens (tertiary/aromatic N) is 3. The van der Waals surface area contributed by atoms with Gasteiger partial charge in [0.1, 0.15) is 6.04 Å². The van der Waals surface area contributed by atoms with E-state index in [-0.39, 0.29) is 17.7 Å². The predicted octanol–water partition coefficient (Wildman–Crippen LogP) is 3.93. The van der Waals surface area contributed by atoms with Crippen LogP contribution in [0.4, 0.5) is 11.4 Å². The summed E-state index contributed by atoms with van der Waals surface area (Å²) in [5.41, 5.74) is 2.59. The number of carbonyl (C=O) groups is 2. The van der Waals surface area contributed by atoms with Gasteiger partial charge in [-0.25, -0.2) is 0 Å². The minimum absolute atomic E-state index is 0.0242. The van der Waals surface area contributed by atoms with Gasteiger partial charge in [0.25, 0.3) is 0 Å². The summed E-state index contributed by atoms with van der Waals surface area (Å²) in [7, 11) is 0. The summed E-state index contributed by atoms with van der Waals surface area (Å²) >= 11 is 0. The Kier molecular flexibility index (Phi) is 6.97. The summed E-state index contributed by atoms with van der Waals surface area (Å²) < 4.78 is 1.60. The number of carbonyl (C=O) groups excluding carboxylic acids is 2. The second-order valence-electron chi connectivity index (χ2n) is 8.28. The first-order valence-electron chi connectivity index (χ1n) is 11.1. The first-order chi connectivity index (χ1) is 15.6. The number of hydrogen-bond donors (Lipinski definition) is 2. The van der Waals surface area contributed by atoms with Crippen molar-refractivity contribution >= 4 is 23.2 Å². The summed E-state index contributed by atoms with van der Waals surface area (Å²) in [6, 6.07) is 19.0.